The summed E-state index contributed by atoms with van der Waals surface area (Å²) >= 11 is 0. The average Bonchev–Trinajstić information content (AvgIpc) is 2.47. The van der Waals surface area contributed by atoms with Crippen LogP contribution in [-0.4, -0.2) is 11.5 Å². The van der Waals surface area contributed by atoms with Crippen molar-refractivity contribution >= 4 is 16.6 Å². The highest BCUT2D eigenvalue weighted by Gasteiger charge is 2.33. The summed E-state index contributed by atoms with van der Waals surface area (Å²) in [7, 11) is 0. The molecule has 2 bridgehead atoms. The lowest BCUT2D eigenvalue weighted by Gasteiger charge is -2.36. The molecule has 0 fully saturated rings. The van der Waals surface area contributed by atoms with E-state index in [2.05, 4.69) is 18.2 Å². The van der Waals surface area contributed by atoms with Gasteiger partial charge in [-0.05, 0) is 50.1 Å². The van der Waals surface area contributed by atoms with E-state index in [1.807, 2.05) is 12.1 Å². The molecule has 2 unspecified atom stereocenters. The van der Waals surface area contributed by atoms with Gasteiger partial charge in [-0.25, -0.2) is 0 Å². The normalized spacial score (nSPS) is 22.7. The minimum atomic E-state index is 0. The fourth-order valence-corrected chi connectivity index (χ4v) is 4.13. The summed E-state index contributed by atoms with van der Waals surface area (Å²) in [5.41, 5.74) is 18.3. The zero-order valence-electron chi connectivity index (χ0n) is 12.6. The lowest BCUT2D eigenvalue weighted by atomic mass is 9.70. The van der Waals surface area contributed by atoms with Crippen molar-refractivity contribution < 1.29 is 12.4 Å². The second kappa shape index (κ2) is 5.90. The third-order valence-corrected chi connectivity index (χ3v) is 4.95. The number of aromatic nitrogens is 1. The van der Waals surface area contributed by atoms with Crippen LogP contribution in [-0.2, 0) is 6.42 Å². The van der Waals surface area contributed by atoms with Crippen molar-refractivity contribution in [2.45, 2.75) is 31.6 Å². The second-order valence-electron chi connectivity index (χ2n) is 6.37. The van der Waals surface area contributed by atoms with E-state index < -0.39 is 0 Å². The molecule has 2 aliphatic rings. The lowest BCUT2D eigenvalue weighted by molar-refractivity contribution is -0.00000451. The third-order valence-electron chi connectivity index (χ3n) is 4.95. The van der Waals surface area contributed by atoms with Crippen LogP contribution >= 0.6 is 0 Å². The summed E-state index contributed by atoms with van der Waals surface area (Å²) in [6, 6.07) is 8.22. The van der Waals surface area contributed by atoms with Gasteiger partial charge in [0.1, 0.15) is 0 Å². The Morgan fingerprint density at radius 3 is 2.82 bits per heavy atom. The predicted molar refractivity (Wildman–Crippen MR) is 87.1 cm³/mol. The molecule has 1 heterocycles. The van der Waals surface area contributed by atoms with E-state index in [1.165, 1.54) is 23.3 Å². The fourth-order valence-electron chi connectivity index (χ4n) is 4.13. The number of nitrogens with zero attached hydrogens (tertiary/aromatic N) is 1. The van der Waals surface area contributed by atoms with Crippen molar-refractivity contribution in [3.63, 3.8) is 0 Å². The van der Waals surface area contributed by atoms with Crippen LogP contribution in [0.5, 0.6) is 0 Å². The van der Waals surface area contributed by atoms with Gasteiger partial charge in [0, 0.05) is 22.3 Å². The van der Waals surface area contributed by atoms with Gasteiger partial charge < -0.3 is 23.9 Å². The summed E-state index contributed by atoms with van der Waals surface area (Å²) in [4.78, 5) is 4.90. The van der Waals surface area contributed by atoms with Crippen LogP contribution in [0.2, 0.25) is 0 Å². The molecule has 116 valence electrons. The highest BCUT2D eigenvalue weighted by Crippen LogP contribution is 2.46. The minimum absolute atomic E-state index is 0. The zero-order chi connectivity index (χ0) is 14.4. The molecule has 1 aromatic heterocycles. The van der Waals surface area contributed by atoms with Gasteiger partial charge >= 0.3 is 0 Å². The summed E-state index contributed by atoms with van der Waals surface area (Å²) in [5.74, 6) is 1.15. The highest BCUT2D eigenvalue weighted by molar-refractivity contribution is 5.92. The minimum Gasteiger partial charge on any atom is -1.00 e. The molecule has 0 amide bonds. The second-order valence-corrected chi connectivity index (χ2v) is 6.37. The molecule has 2 aromatic rings. The molecule has 0 aliphatic heterocycles. The van der Waals surface area contributed by atoms with Crippen LogP contribution < -0.4 is 23.9 Å². The van der Waals surface area contributed by atoms with Gasteiger partial charge in [0.15, 0.2) is 0 Å². The molecule has 2 atom stereocenters. The van der Waals surface area contributed by atoms with Gasteiger partial charge in [0.2, 0.25) is 0 Å². The van der Waals surface area contributed by atoms with Crippen molar-refractivity contribution in [3.8, 4) is 0 Å². The molecular formula is C18H21ClN3-. The molecule has 4 heteroatoms. The fraction of sp³-hybridized carbons (Fsp3) is 0.389. The van der Waals surface area contributed by atoms with Gasteiger partial charge in [-0.1, -0.05) is 29.8 Å². The molecule has 2 aliphatic carbocycles. The number of para-hydroxylation sites is 1. The summed E-state index contributed by atoms with van der Waals surface area (Å²) < 4.78 is 0. The van der Waals surface area contributed by atoms with Crippen LogP contribution in [0.1, 0.15) is 36.4 Å². The maximum absolute atomic E-state index is 6.51. The van der Waals surface area contributed by atoms with E-state index in [-0.39, 0.29) is 12.4 Å². The Bertz CT molecular complexity index is 738. The number of nitrogens with two attached hydrogens (primary N) is 2. The number of hydrogen-bond donors (Lipinski definition) is 2. The van der Waals surface area contributed by atoms with Crippen LogP contribution in [0.4, 0.5) is 5.69 Å². The molecule has 22 heavy (non-hydrogen) atoms. The van der Waals surface area contributed by atoms with Gasteiger partial charge in [-0.3, -0.25) is 4.98 Å². The largest absolute Gasteiger partial charge is 1.00 e. The molecular weight excluding hydrogens is 294 g/mol. The van der Waals surface area contributed by atoms with E-state index in [9.17, 15) is 0 Å². The van der Waals surface area contributed by atoms with Crippen LogP contribution in [0.15, 0.2) is 35.9 Å². The first-order valence-electron chi connectivity index (χ1n) is 7.83. The molecule has 4 N–H and O–H groups in total. The van der Waals surface area contributed by atoms with Crippen molar-refractivity contribution in [1.82, 2.24) is 4.98 Å². The average molecular weight is 315 g/mol. The molecule has 3 nitrogen and oxygen atoms in total. The van der Waals surface area contributed by atoms with Crippen molar-refractivity contribution in [2.75, 3.05) is 12.3 Å². The number of halogens is 1. The van der Waals surface area contributed by atoms with E-state index in [4.69, 9.17) is 16.5 Å². The molecule has 4 rings (SSSR count). The van der Waals surface area contributed by atoms with E-state index in [0.717, 1.165) is 42.4 Å². The number of benzene rings is 1. The maximum atomic E-state index is 6.51. The van der Waals surface area contributed by atoms with Crippen LogP contribution in [0, 0.1) is 5.92 Å². The molecule has 0 radical (unpaired) electrons. The highest BCUT2D eigenvalue weighted by atomic mass is 35.5. The number of hydrogen-bond acceptors (Lipinski definition) is 3. The van der Waals surface area contributed by atoms with Gasteiger partial charge in [0.05, 0.1) is 5.52 Å². The predicted octanol–water partition coefficient (Wildman–Crippen LogP) is 0.146. The molecule has 1 aromatic carbocycles. The number of pyridine rings is 1. The zero-order valence-corrected chi connectivity index (χ0v) is 13.3. The molecule has 0 spiro atoms. The first-order valence-corrected chi connectivity index (χ1v) is 7.83. The molecule has 0 saturated carbocycles. The summed E-state index contributed by atoms with van der Waals surface area (Å²) in [5, 5.41) is 1.10. The SMILES string of the molecule is NCCC1=CC2Cc3nc4ccccc4c(N)c3C(C1)C2.[Cl-]. The van der Waals surface area contributed by atoms with E-state index >= 15 is 0 Å². The number of fused-ring (bicyclic) bond motifs is 5. The van der Waals surface area contributed by atoms with Gasteiger partial charge in [0.25, 0.3) is 0 Å². The number of allylic oxidation sites excluding steroid dienone is 1. The van der Waals surface area contributed by atoms with Gasteiger partial charge in [-0.15, -0.1) is 0 Å². The van der Waals surface area contributed by atoms with Gasteiger partial charge in [-0.2, -0.15) is 0 Å². The Hall–Kier alpha value is -1.58. The van der Waals surface area contributed by atoms with Crippen LogP contribution in [0.3, 0.4) is 0 Å². The van der Waals surface area contributed by atoms with E-state index in [1.54, 1.807) is 0 Å². The Kier molecular flexibility index (Phi) is 4.11. The number of rotatable bonds is 2. The standard InChI is InChI=1S/C18H21N3.ClH/c19-6-5-11-7-12-9-13(8-11)17-16(10-12)21-15-4-2-1-3-14(15)18(17)20;/h1-4,7,12-13H,5-6,8-10,19H2,(H2,20,21);1H/p-1. The van der Waals surface area contributed by atoms with Crippen molar-refractivity contribution in [3.05, 3.63) is 47.2 Å². The quantitative estimate of drug-likeness (QED) is 0.775. The van der Waals surface area contributed by atoms with E-state index in [0.29, 0.717) is 11.8 Å². The first kappa shape index (κ1) is 15.3. The smallest absolute Gasteiger partial charge is 0.0726 e. The summed E-state index contributed by atoms with van der Waals surface area (Å²) in [6.45, 7) is 0.740. The number of anilines is 1. The summed E-state index contributed by atoms with van der Waals surface area (Å²) in [6.07, 6.45) is 6.80. The Labute approximate surface area is 137 Å². The van der Waals surface area contributed by atoms with Crippen molar-refractivity contribution in [1.29, 1.82) is 0 Å². The topological polar surface area (TPSA) is 64.9 Å². The monoisotopic (exact) mass is 314 g/mol. The molecule has 0 saturated heterocycles. The van der Waals surface area contributed by atoms with Crippen molar-refractivity contribution in [2.24, 2.45) is 11.7 Å². The van der Waals surface area contributed by atoms with Crippen LogP contribution in [0.25, 0.3) is 10.9 Å². The third kappa shape index (κ3) is 2.38. The first-order chi connectivity index (χ1) is 10.3. The Morgan fingerprint density at radius 1 is 1.18 bits per heavy atom. The maximum Gasteiger partial charge on any atom is 0.0726 e. The number of nitrogen functional groups attached to an aromatic ring is 1. The Morgan fingerprint density at radius 2 is 2.00 bits per heavy atom. The lowest BCUT2D eigenvalue weighted by Crippen LogP contribution is -3.00. The Balaban J connectivity index is 0.00000144.